The maximum atomic E-state index is 13.2. The lowest BCUT2D eigenvalue weighted by atomic mass is 9.90. The largest absolute Gasteiger partial charge is 0.417 e. The third-order valence-electron chi connectivity index (χ3n) is 3.96. The van der Waals surface area contributed by atoms with Gasteiger partial charge >= 0.3 is 6.18 Å². The molecule has 0 aromatic heterocycles. The summed E-state index contributed by atoms with van der Waals surface area (Å²) in [5.74, 6) is 0. The highest BCUT2D eigenvalue weighted by Crippen LogP contribution is 2.35. The first-order valence-corrected chi connectivity index (χ1v) is 8.67. The monoisotopic (exact) mass is 387 g/mol. The maximum Gasteiger partial charge on any atom is 0.417 e. The fourth-order valence-electron chi connectivity index (χ4n) is 1.68. The number of benzene rings is 1. The summed E-state index contributed by atoms with van der Waals surface area (Å²) >= 11 is 0.914. The highest BCUT2D eigenvalue weighted by atomic mass is 32.2. The summed E-state index contributed by atoms with van der Waals surface area (Å²) in [6, 6.07) is 5.26. The second kappa shape index (κ2) is 8.41. The summed E-state index contributed by atoms with van der Waals surface area (Å²) in [6.45, 7) is 12.1. The molecule has 1 rings (SSSR count). The third-order valence-corrected chi connectivity index (χ3v) is 4.78. The SMILES string of the molecule is C=C(/C=N\C(=C/C)c1ccccc1C(F)(F)F)SOC(C)(C)C(C)(C)O. The number of hydrogen-bond donors (Lipinski definition) is 1. The molecule has 1 aromatic carbocycles. The van der Waals surface area contributed by atoms with Gasteiger partial charge in [0.25, 0.3) is 0 Å². The molecule has 0 aliphatic carbocycles. The molecule has 0 fully saturated rings. The highest BCUT2D eigenvalue weighted by molar-refractivity contribution is 7.99. The van der Waals surface area contributed by atoms with E-state index in [4.69, 9.17) is 4.18 Å². The summed E-state index contributed by atoms with van der Waals surface area (Å²) in [6.07, 6.45) is -1.62. The molecule has 26 heavy (non-hydrogen) atoms. The summed E-state index contributed by atoms with van der Waals surface area (Å²) < 4.78 is 45.1. The Morgan fingerprint density at radius 2 is 1.77 bits per heavy atom. The van der Waals surface area contributed by atoms with Crippen LogP contribution in [0, 0.1) is 0 Å². The van der Waals surface area contributed by atoms with Gasteiger partial charge in [-0.2, -0.15) is 13.2 Å². The van der Waals surface area contributed by atoms with Crippen molar-refractivity contribution in [2.24, 2.45) is 4.99 Å². The second-order valence-electron chi connectivity index (χ2n) is 6.68. The van der Waals surface area contributed by atoms with Crippen LogP contribution in [-0.4, -0.2) is 22.5 Å². The number of hydrogen-bond acceptors (Lipinski definition) is 4. The van der Waals surface area contributed by atoms with Gasteiger partial charge in [0.05, 0.1) is 16.9 Å². The first-order valence-electron chi connectivity index (χ1n) is 7.93. The molecule has 0 atom stereocenters. The second-order valence-corrected chi connectivity index (χ2v) is 7.54. The van der Waals surface area contributed by atoms with Gasteiger partial charge in [0, 0.05) is 28.7 Å². The molecule has 0 spiro atoms. The fraction of sp³-hybridized carbons (Fsp3) is 0.421. The minimum absolute atomic E-state index is 0.00529. The van der Waals surface area contributed by atoms with E-state index in [-0.39, 0.29) is 11.3 Å². The summed E-state index contributed by atoms with van der Waals surface area (Å²) in [5.41, 5.74) is -2.52. The smallest absolute Gasteiger partial charge is 0.387 e. The first kappa shape index (κ1) is 22.5. The molecule has 3 nitrogen and oxygen atoms in total. The zero-order valence-electron chi connectivity index (χ0n) is 15.5. The Bertz CT molecular complexity index is 701. The van der Waals surface area contributed by atoms with Crippen LogP contribution >= 0.6 is 12.0 Å². The van der Waals surface area contributed by atoms with Crippen molar-refractivity contribution in [2.75, 3.05) is 0 Å². The molecular formula is C19H24F3NO2S. The number of allylic oxidation sites excluding steroid dienone is 2. The molecule has 144 valence electrons. The summed E-state index contributed by atoms with van der Waals surface area (Å²) in [4.78, 5) is 4.52. The fourth-order valence-corrected chi connectivity index (χ4v) is 2.29. The van der Waals surface area contributed by atoms with Gasteiger partial charge in [-0.25, -0.2) is 0 Å². The van der Waals surface area contributed by atoms with Gasteiger partial charge in [0.1, 0.15) is 5.60 Å². The number of nitrogens with zero attached hydrogens (tertiary/aromatic N) is 1. The molecule has 7 heteroatoms. The Hall–Kier alpha value is -1.57. The molecule has 1 N–H and O–H groups in total. The van der Waals surface area contributed by atoms with Crippen LogP contribution in [0.25, 0.3) is 5.70 Å². The van der Waals surface area contributed by atoms with Gasteiger partial charge in [-0.15, -0.1) is 0 Å². The van der Waals surface area contributed by atoms with Crippen molar-refractivity contribution < 1.29 is 22.5 Å². The zero-order valence-corrected chi connectivity index (χ0v) is 16.3. The van der Waals surface area contributed by atoms with E-state index in [0.29, 0.717) is 4.91 Å². The van der Waals surface area contributed by atoms with Gasteiger partial charge in [-0.3, -0.25) is 4.99 Å². The number of halogens is 3. The lowest BCUT2D eigenvalue weighted by Gasteiger charge is -2.35. The Labute approximate surface area is 156 Å². The predicted molar refractivity (Wildman–Crippen MR) is 102 cm³/mol. The molecule has 0 bridgehead atoms. The molecule has 0 saturated heterocycles. The maximum absolute atomic E-state index is 13.2. The third kappa shape index (κ3) is 6.00. The quantitative estimate of drug-likeness (QED) is 0.470. The van der Waals surface area contributed by atoms with Crippen molar-refractivity contribution in [3.63, 3.8) is 0 Å². The number of rotatable bonds is 7. The number of aliphatic imine (C=N–C) groups is 1. The van der Waals surface area contributed by atoms with Crippen LogP contribution in [0.1, 0.15) is 45.7 Å². The Morgan fingerprint density at radius 3 is 2.27 bits per heavy atom. The Balaban J connectivity index is 2.92. The van der Waals surface area contributed by atoms with Crippen molar-refractivity contribution in [2.45, 2.75) is 52.0 Å². The van der Waals surface area contributed by atoms with Gasteiger partial charge < -0.3 is 9.29 Å². The molecule has 0 radical (unpaired) electrons. The Morgan fingerprint density at radius 1 is 1.19 bits per heavy atom. The van der Waals surface area contributed by atoms with E-state index in [0.717, 1.165) is 18.1 Å². The van der Waals surface area contributed by atoms with Crippen molar-refractivity contribution >= 4 is 24.0 Å². The van der Waals surface area contributed by atoms with Crippen LogP contribution in [0.2, 0.25) is 0 Å². The van der Waals surface area contributed by atoms with Crippen LogP contribution in [0.15, 0.2) is 46.8 Å². The van der Waals surface area contributed by atoms with Crippen LogP contribution in [-0.2, 0) is 10.4 Å². The number of aliphatic hydroxyl groups is 1. The van der Waals surface area contributed by atoms with Crippen molar-refractivity contribution in [3.05, 3.63) is 53.0 Å². The minimum atomic E-state index is -4.47. The molecular weight excluding hydrogens is 363 g/mol. The van der Waals surface area contributed by atoms with E-state index < -0.39 is 22.9 Å². The van der Waals surface area contributed by atoms with E-state index in [2.05, 4.69) is 11.6 Å². The van der Waals surface area contributed by atoms with E-state index in [1.807, 2.05) is 0 Å². The summed E-state index contributed by atoms with van der Waals surface area (Å²) in [5, 5.41) is 10.1. The Kier molecular flexibility index (Phi) is 7.27. The standard InChI is InChI=1S/C19H24F3NO2S/c1-7-16(14-10-8-9-11-15(14)19(20,21)22)23-12-13(2)26-25-18(5,6)17(3,4)24/h7-12,24H,2H2,1,3-6H3/b16-7-,23-12-. The van der Waals surface area contributed by atoms with E-state index >= 15 is 0 Å². The van der Waals surface area contributed by atoms with Gasteiger partial charge in [-0.1, -0.05) is 30.9 Å². The van der Waals surface area contributed by atoms with Crippen molar-refractivity contribution in [1.29, 1.82) is 0 Å². The van der Waals surface area contributed by atoms with E-state index in [9.17, 15) is 18.3 Å². The molecule has 0 aliphatic heterocycles. The van der Waals surface area contributed by atoms with Crippen LogP contribution < -0.4 is 0 Å². The van der Waals surface area contributed by atoms with Crippen LogP contribution in [0.5, 0.6) is 0 Å². The van der Waals surface area contributed by atoms with Crippen molar-refractivity contribution in [1.82, 2.24) is 0 Å². The average Bonchev–Trinajstić information content (AvgIpc) is 2.52. The normalized spacial score (nSPS) is 14.1. The lowest BCUT2D eigenvalue weighted by molar-refractivity contribution is -0.137. The van der Waals surface area contributed by atoms with Crippen molar-refractivity contribution in [3.8, 4) is 0 Å². The van der Waals surface area contributed by atoms with Crippen LogP contribution in [0.4, 0.5) is 13.2 Å². The molecule has 0 unspecified atom stereocenters. The molecule has 1 aromatic rings. The molecule has 0 heterocycles. The molecule has 0 saturated carbocycles. The minimum Gasteiger partial charge on any atom is -0.387 e. The molecule has 0 aliphatic rings. The average molecular weight is 387 g/mol. The van der Waals surface area contributed by atoms with E-state index in [1.165, 1.54) is 30.5 Å². The lowest BCUT2D eigenvalue weighted by Crippen LogP contribution is -2.45. The predicted octanol–water partition coefficient (Wildman–Crippen LogP) is 5.87. The highest BCUT2D eigenvalue weighted by Gasteiger charge is 2.37. The van der Waals surface area contributed by atoms with Gasteiger partial charge in [0.2, 0.25) is 0 Å². The summed E-state index contributed by atoms with van der Waals surface area (Å²) in [7, 11) is 0. The van der Waals surface area contributed by atoms with E-state index in [1.54, 1.807) is 34.6 Å². The molecule has 0 amide bonds. The topological polar surface area (TPSA) is 41.8 Å². The first-order chi connectivity index (χ1) is 11.8. The van der Waals surface area contributed by atoms with Gasteiger partial charge in [-0.05, 0) is 40.7 Å². The van der Waals surface area contributed by atoms with Crippen LogP contribution in [0.3, 0.4) is 0 Å². The van der Waals surface area contributed by atoms with Gasteiger partial charge in [0.15, 0.2) is 0 Å². The zero-order chi connectivity index (χ0) is 20.2. The number of alkyl halides is 3.